The summed E-state index contributed by atoms with van der Waals surface area (Å²) in [5.41, 5.74) is 1.54. The number of fused-ring (bicyclic) bond motifs is 5. The normalized spacial score (nSPS) is 40.0. The third kappa shape index (κ3) is 1.65. The van der Waals surface area contributed by atoms with E-state index < -0.39 is 0 Å². The van der Waals surface area contributed by atoms with Crippen molar-refractivity contribution in [3.8, 4) is 11.5 Å². The first-order valence-corrected chi connectivity index (χ1v) is 8.22. The zero-order valence-electron chi connectivity index (χ0n) is 13.6. The van der Waals surface area contributed by atoms with Crippen LogP contribution >= 0.6 is 0 Å². The summed E-state index contributed by atoms with van der Waals surface area (Å²) in [6, 6.07) is 6.86. The molecule has 0 spiro atoms. The number of ether oxygens (including phenoxy) is 2. The highest BCUT2D eigenvalue weighted by Crippen LogP contribution is 2.63. The Morgan fingerprint density at radius 3 is 2.68 bits per heavy atom. The summed E-state index contributed by atoms with van der Waals surface area (Å²) in [7, 11) is 5.58. The Morgan fingerprint density at radius 1 is 1.18 bits per heavy atom. The number of likely N-dealkylation sites (tertiary alicyclic amines) is 1. The topological polar surface area (TPSA) is 41.9 Å². The van der Waals surface area contributed by atoms with Crippen LogP contribution < -0.4 is 9.47 Å². The van der Waals surface area contributed by atoms with Gasteiger partial charge in [0, 0.05) is 17.4 Å². The molecule has 1 aromatic carbocycles. The Morgan fingerprint density at radius 2 is 1.95 bits per heavy atom. The maximum Gasteiger partial charge on any atom is 0.161 e. The molecule has 5 atom stereocenters. The molecule has 1 N–H and O–H groups in total. The standard InChI is InChI=1S/C18H25NO3/c1-19-7-6-18(12-8-13(17(18)19)14(20)9-12)11-4-5-15(21-2)16(10-11)22-3/h4-5,10,12-14,17,20H,6-9H2,1-3H3/t12-,13+,14+,17-,18-/m0/s1. The van der Waals surface area contributed by atoms with Gasteiger partial charge in [-0.25, -0.2) is 0 Å². The molecule has 0 radical (unpaired) electrons. The van der Waals surface area contributed by atoms with Gasteiger partial charge in [-0.2, -0.15) is 0 Å². The average molecular weight is 303 g/mol. The van der Waals surface area contributed by atoms with Crippen LogP contribution in [0, 0.1) is 11.8 Å². The van der Waals surface area contributed by atoms with Crippen molar-refractivity contribution < 1.29 is 14.6 Å². The van der Waals surface area contributed by atoms with Gasteiger partial charge in [-0.15, -0.1) is 0 Å². The molecule has 1 saturated heterocycles. The molecule has 2 bridgehead atoms. The number of methoxy groups -OCH3 is 2. The Bertz CT molecular complexity index is 590. The van der Waals surface area contributed by atoms with E-state index in [1.165, 1.54) is 12.0 Å². The summed E-state index contributed by atoms with van der Waals surface area (Å²) in [5.74, 6) is 2.60. The molecule has 22 heavy (non-hydrogen) atoms. The molecule has 0 amide bonds. The lowest BCUT2D eigenvalue weighted by Crippen LogP contribution is -2.49. The van der Waals surface area contributed by atoms with Gasteiger partial charge < -0.3 is 19.5 Å². The minimum absolute atomic E-state index is 0.121. The molecule has 0 unspecified atom stereocenters. The zero-order chi connectivity index (χ0) is 15.5. The molecule has 3 aliphatic rings. The van der Waals surface area contributed by atoms with E-state index in [-0.39, 0.29) is 11.5 Å². The highest BCUT2D eigenvalue weighted by molar-refractivity contribution is 5.48. The number of likely N-dealkylation sites (N-methyl/N-ethyl adjacent to an activating group) is 1. The van der Waals surface area contributed by atoms with E-state index in [1.54, 1.807) is 14.2 Å². The second kappa shape index (κ2) is 4.87. The lowest BCUT2D eigenvalue weighted by molar-refractivity contribution is 0.0417. The quantitative estimate of drug-likeness (QED) is 0.928. The Labute approximate surface area is 132 Å². The largest absolute Gasteiger partial charge is 0.493 e. The van der Waals surface area contributed by atoms with Crippen LogP contribution in [0.25, 0.3) is 0 Å². The molecule has 4 heteroatoms. The van der Waals surface area contributed by atoms with Gasteiger partial charge in [0.25, 0.3) is 0 Å². The second-order valence-electron chi connectivity index (χ2n) is 7.19. The second-order valence-corrected chi connectivity index (χ2v) is 7.19. The summed E-state index contributed by atoms with van der Waals surface area (Å²) in [6.45, 7) is 1.11. The van der Waals surface area contributed by atoms with Gasteiger partial charge in [0.1, 0.15) is 0 Å². The fraction of sp³-hybridized carbons (Fsp3) is 0.667. The van der Waals surface area contributed by atoms with Crippen molar-refractivity contribution in [3.63, 3.8) is 0 Å². The van der Waals surface area contributed by atoms with E-state index in [2.05, 4.69) is 24.1 Å². The summed E-state index contributed by atoms with van der Waals surface area (Å²) < 4.78 is 10.9. The molecule has 4 rings (SSSR count). The van der Waals surface area contributed by atoms with Crippen molar-refractivity contribution in [2.45, 2.75) is 36.8 Å². The van der Waals surface area contributed by atoms with Crippen LogP contribution in [0.4, 0.5) is 0 Å². The number of aliphatic hydroxyl groups excluding tert-OH is 1. The van der Waals surface area contributed by atoms with Crippen molar-refractivity contribution in [2.24, 2.45) is 11.8 Å². The lowest BCUT2D eigenvalue weighted by atomic mass is 9.65. The third-order valence-corrected chi connectivity index (χ3v) is 6.51. The van der Waals surface area contributed by atoms with Crippen LogP contribution in [0.1, 0.15) is 24.8 Å². The molecular weight excluding hydrogens is 278 g/mol. The molecule has 1 aliphatic heterocycles. The highest BCUT2D eigenvalue weighted by atomic mass is 16.5. The number of benzene rings is 1. The summed E-state index contributed by atoms with van der Waals surface area (Å²) in [6.07, 6.45) is 3.16. The number of hydrogen-bond donors (Lipinski definition) is 1. The maximum absolute atomic E-state index is 10.4. The predicted molar refractivity (Wildman–Crippen MR) is 84.5 cm³/mol. The molecular formula is C18H25NO3. The fourth-order valence-electron chi connectivity index (χ4n) is 5.68. The molecule has 3 fully saturated rings. The SMILES string of the molecule is COc1ccc([C@]23CCN(C)[C@H]2[C@@H]2C[C@H]3C[C@H]2O)cc1OC. The lowest BCUT2D eigenvalue weighted by Gasteiger charge is -2.43. The number of rotatable bonds is 3. The first kappa shape index (κ1) is 14.3. The van der Waals surface area contributed by atoms with Gasteiger partial charge in [-0.1, -0.05) is 6.07 Å². The Balaban J connectivity index is 1.81. The molecule has 4 nitrogen and oxygen atoms in total. The van der Waals surface area contributed by atoms with E-state index in [4.69, 9.17) is 9.47 Å². The highest BCUT2D eigenvalue weighted by Gasteiger charge is 2.65. The van der Waals surface area contributed by atoms with Crippen molar-refractivity contribution >= 4 is 0 Å². The van der Waals surface area contributed by atoms with Crippen LogP contribution in [-0.4, -0.2) is 50.0 Å². The summed E-state index contributed by atoms with van der Waals surface area (Å²) in [4.78, 5) is 2.46. The van der Waals surface area contributed by atoms with E-state index in [0.717, 1.165) is 30.9 Å². The van der Waals surface area contributed by atoms with Crippen molar-refractivity contribution in [1.29, 1.82) is 0 Å². The molecule has 2 aliphatic carbocycles. The number of nitrogens with zero attached hydrogens (tertiary/aromatic N) is 1. The van der Waals surface area contributed by atoms with E-state index in [0.29, 0.717) is 17.9 Å². The van der Waals surface area contributed by atoms with Gasteiger partial charge in [0.05, 0.1) is 20.3 Å². The third-order valence-electron chi connectivity index (χ3n) is 6.51. The number of aliphatic hydroxyl groups is 1. The first-order valence-electron chi connectivity index (χ1n) is 8.22. The van der Waals surface area contributed by atoms with Crippen molar-refractivity contribution in [3.05, 3.63) is 23.8 Å². The maximum atomic E-state index is 10.4. The smallest absolute Gasteiger partial charge is 0.161 e. The van der Waals surface area contributed by atoms with E-state index >= 15 is 0 Å². The predicted octanol–water partition coefficient (Wildman–Crippen LogP) is 2.05. The van der Waals surface area contributed by atoms with E-state index in [1.807, 2.05) is 6.07 Å². The van der Waals surface area contributed by atoms with Crippen LogP contribution in [0.2, 0.25) is 0 Å². The van der Waals surface area contributed by atoms with Crippen molar-refractivity contribution in [2.75, 3.05) is 27.8 Å². The van der Waals surface area contributed by atoms with Gasteiger partial charge in [-0.3, -0.25) is 0 Å². The van der Waals surface area contributed by atoms with Crippen LogP contribution in [0.3, 0.4) is 0 Å². The zero-order valence-corrected chi connectivity index (χ0v) is 13.6. The van der Waals surface area contributed by atoms with Crippen LogP contribution in [0.5, 0.6) is 11.5 Å². The average Bonchev–Trinajstić information content (AvgIpc) is 3.17. The molecule has 0 aromatic heterocycles. The van der Waals surface area contributed by atoms with Gasteiger partial charge >= 0.3 is 0 Å². The summed E-state index contributed by atoms with van der Waals surface area (Å²) in [5, 5.41) is 10.4. The van der Waals surface area contributed by atoms with Crippen LogP contribution in [0.15, 0.2) is 18.2 Å². The fourth-order valence-corrected chi connectivity index (χ4v) is 5.68. The molecule has 1 heterocycles. The molecule has 2 saturated carbocycles. The molecule has 120 valence electrons. The van der Waals surface area contributed by atoms with Gasteiger partial charge in [-0.05, 0) is 56.5 Å². The van der Waals surface area contributed by atoms with E-state index in [9.17, 15) is 5.11 Å². The monoisotopic (exact) mass is 303 g/mol. The van der Waals surface area contributed by atoms with Gasteiger partial charge in [0.2, 0.25) is 0 Å². The molecule has 1 aromatic rings. The summed E-state index contributed by atoms with van der Waals surface area (Å²) >= 11 is 0. The Hall–Kier alpha value is -1.26. The van der Waals surface area contributed by atoms with Gasteiger partial charge in [0.15, 0.2) is 11.5 Å². The Kier molecular flexibility index (Phi) is 3.17. The minimum atomic E-state index is -0.121. The number of hydrogen-bond acceptors (Lipinski definition) is 4. The van der Waals surface area contributed by atoms with Crippen LogP contribution in [-0.2, 0) is 5.41 Å². The minimum Gasteiger partial charge on any atom is -0.493 e. The van der Waals surface area contributed by atoms with Crippen molar-refractivity contribution in [1.82, 2.24) is 4.90 Å². The first-order chi connectivity index (χ1) is 10.6.